The van der Waals surface area contributed by atoms with Crippen LogP contribution in [0.4, 0.5) is 0 Å². The molecule has 3 nitrogen and oxygen atoms in total. The van der Waals surface area contributed by atoms with E-state index in [1.807, 2.05) is 19.1 Å². The summed E-state index contributed by atoms with van der Waals surface area (Å²) in [6.45, 7) is 14.2. The normalized spacial score (nSPS) is 15.8. The molecule has 0 radical (unpaired) electrons. The molecule has 1 rings (SSSR count). The molecule has 2 unspecified atom stereocenters. The highest BCUT2D eigenvalue weighted by Crippen LogP contribution is 2.37. The van der Waals surface area contributed by atoms with Crippen molar-refractivity contribution in [3.63, 3.8) is 0 Å². The van der Waals surface area contributed by atoms with Gasteiger partial charge in [-0.15, -0.1) is 0 Å². The minimum absolute atomic E-state index is 0.113. The number of nitrogens with one attached hydrogen (secondary N) is 1. The lowest BCUT2D eigenvalue weighted by molar-refractivity contribution is -0.0566. The highest BCUT2D eigenvalue weighted by atomic mass is 16.5. The molecule has 0 aromatic heterocycles. The van der Waals surface area contributed by atoms with Crippen LogP contribution in [0.15, 0.2) is 24.3 Å². The lowest BCUT2D eigenvalue weighted by Gasteiger charge is -2.38. The van der Waals surface area contributed by atoms with Gasteiger partial charge < -0.3 is 14.8 Å². The fourth-order valence-electron chi connectivity index (χ4n) is 2.66. The van der Waals surface area contributed by atoms with Crippen molar-refractivity contribution in [2.24, 2.45) is 0 Å². The Hall–Kier alpha value is -1.06. The van der Waals surface area contributed by atoms with Gasteiger partial charge in [-0.1, -0.05) is 32.0 Å². The minimum atomic E-state index is -0.249. The van der Waals surface area contributed by atoms with E-state index in [0.29, 0.717) is 6.61 Å². The van der Waals surface area contributed by atoms with E-state index in [0.717, 1.165) is 18.7 Å². The Balaban J connectivity index is 3.21. The number of likely N-dealkylation sites (N-methyl/N-ethyl adjacent to an activating group) is 1. The molecule has 0 aliphatic rings. The fraction of sp³-hybridized carbons (Fsp3) is 0.667. The molecule has 0 fully saturated rings. The summed E-state index contributed by atoms with van der Waals surface area (Å²) in [6, 6.07) is 8.38. The minimum Gasteiger partial charge on any atom is -0.491 e. The summed E-state index contributed by atoms with van der Waals surface area (Å²) in [5.41, 5.74) is 0.923. The lowest BCUT2D eigenvalue weighted by atomic mass is 9.87. The first-order valence-electron chi connectivity index (χ1n) is 8.11. The maximum atomic E-state index is 6.09. The molecule has 0 saturated carbocycles. The second-order valence-electron chi connectivity index (χ2n) is 5.79. The zero-order chi connectivity index (χ0) is 15.9. The van der Waals surface area contributed by atoms with Crippen molar-refractivity contribution in [1.29, 1.82) is 0 Å². The molecule has 2 atom stereocenters. The Morgan fingerprint density at radius 3 is 2.33 bits per heavy atom. The van der Waals surface area contributed by atoms with Crippen LogP contribution >= 0.6 is 0 Å². The molecule has 0 heterocycles. The number of hydrogen-bond donors (Lipinski definition) is 1. The molecule has 1 aromatic carbocycles. The largest absolute Gasteiger partial charge is 0.491 e. The molecule has 1 N–H and O–H groups in total. The summed E-state index contributed by atoms with van der Waals surface area (Å²) in [7, 11) is 0. The van der Waals surface area contributed by atoms with Crippen LogP contribution in [0, 0.1) is 0 Å². The van der Waals surface area contributed by atoms with Crippen LogP contribution in [-0.2, 0) is 4.74 Å². The first-order chi connectivity index (χ1) is 9.98. The first-order valence-corrected chi connectivity index (χ1v) is 8.11. The van der Waals surface area contributed by atoms with Crippen molar-refractivity contribution in [2.75, 3.05) is 13.2 Å². The quantitative estimate of drug-likeness (QED) is 0.735. The summed E-state index contributed by atoms with van der Waals surface area (Å²) in [5.74, 6) is 0.942. The third-order valence-electron chi connectivity index (χ3n) is 3.79. The van der Waals surface area contributed by atoms with E-state index in [1.54, 1.807) is 0 Å². The van der Waals surface area contributed by atoms with Gasteiger partial charge in [0.1, 0.15) is 5.75 Å². The van der Waals surface area contributed by atoms with Gasteiger partial charge in [-0.05, 0) is 46.7 Å². The second kappa shape index (κ2) is 8.40. The summed E-state index contributed by atoms with van der Waals surface area (Å²) in [4.78, 5) is 0. The van der Waals surface area contributed by atoms with Crippen LogP contribution in [0.3, 0.4) is 0 Å². The monoisotopic (exact) mass is 293 g/mol. The van der Waals surface area contributed by atoms with Gasteiger partial charge in [0, 0.05) is 12.2 Å². The van der Waals surface area contributed by atoms with Crippen molar-refractivity contribution in [3.05, 3.63) is 29.8 Å². The van der Waals surface area contributed by atoms with Gasteiger partial charge in [0.2, 0.25) is 0 Å². The zero-order valence-electron chi connectivity index (χ0n) is 14.4. The van der Waals surface area contributed by atoms with Gasteiger partial charge in [0.05, 0.1) is 17.7 Å². The molecule has 0 aliphatic carbocycles. The smallest absolute Gasteiger partial charge is 0.124 e. The van der Waals surface area contributed by atoms with Gasteiger partial charge in [0.25, 0.3) is 0 Å². The molecule has 0 bridgehead atoms. The molecule has 1 aromatic rings. The van der Waals surface area contributed by atoms with E-state index >= 15 is 0 Å². The predicted molar refractivity (Wildman–Crippen MR) is 88.9 cm³/mol. The maximum absolute atomic E-state index is 6.09. The van der Waals surface area contributed by atoms with Crippen LogP contribution in [-0.4, -0.2) is 24.9 Å². The molecular formula is C18H31NO2. The molecule has 120 valence electrons. The topological polar surface area (TPSA) is 30.5 Å². The molecule has 3 heteroatoms. The Kier molecular flexibility index (Phi) is 7.20. The number of benzene rings is 1. The molecular weight excluding hydrogens is 262 g/mol. The highest BCUT2D eigenvalue weighted by molar-refractivity contribution is 5.37. The van der Waals surface area contributed by atoms with Gasteiger partial charge >= 0.3 is 0 Å². The number of ether oxygens (including phenoxy) is 2. The summed E-state index contributed by atoms with van der Waals surface area (Å²) < 4.78 is 12.1. The lowest BCUT2D eigenvalue weighted by Crippen LogP contribution is -2.43. The van der Waals surface area contributed by atoms with Gasteiger partial charge in [0.15, 0.2) is 0 Å². The molecule has 0 spiro atoms. The van der Waals surface area contributed by atoms with Crippen LogP contribution < -0.4 is 10.1 Å². The Labute approximate surface area is 130 Å². The second-order valence-corrected chi connectivity index (χ2v) is 5.79. The number of hydrogen-bond acceptors (Lipinski definition) is 3. The van der Waals surface area contributed by atoms with E-state index in [4.69, 9.17) is 9.47 Å². The average molecular weight is 293 g/mol. The van der Waals surface area contributed by atoms with Crippen LogP contribution in [0.2, 0.25) is 0 Å². The standard InChI is InChI=1S/C18H31NO2/c1-7-18(6,20-9-3)17(19-8-2)15-12-10-11-13-16(15)21-14(4)5/h10-14,17,19H,7-9H2,1-6H3. The van der Waals surface area contributed by atoms with Gasteiger partial charge in [-0.3, -0.25) is 0 Å². The van der Waals surface area contributed by atoms with Crippen LogP contribution in [0.5, 0.6) is 5.75 Å². The molecule has 21 heavy (non-hydrogen) atoms. The van der Waals surface area contributed by atoms with Crippen molar-refractivity contribution in [1.82, 2.24) is 5.32 Å². The highest BCUT2D eigenvalue weighted by Gasteiger charge is 2.35. The Morgan fingerprint density at radius 2 is 1.81 bits per heavy atom. The van der Waals surface area contributed by atoms with Crippen molar-refractivity contribution in [3.8, 4) is 5.75 Å². The molecule has 0 aliphatic heterocycles. The number of para-hydroxylation sites is 1. The van der Waals surface area contributed by atoms with E-state index in [-0.39, 0.29) is 17.7 Å². The number of rotatable bonds is 9. The first kappa shape index (κ1) is 18.0. The zero-order valence-corrected chi connectivity index (χ0v) is 14.4. The van der Waals surface area contributed by atoms with E-state index in [2.05, 4.69) is 52.1 Å². The van der Waals surface area contributed by atoms with Crippen molar-refractivity contribution < 1.29 is 9.47 Å². The van der Waals surface area contributed by atoms with E-state index in [9.17, 15) is 0 Å². The van der Waals surface area contributed by atoms with Crippen molar-refractivity contribution >= 4 is 0 Å². The average Bonchev–Trinajstić information content (AvgIpc) is 2.45. The summed E-state index contributed by atoms with van der Waals surface area (Å²) >= 11 is 0. The SMILES string of the molecule is CCNC(c1ccccc1OC(C)C)C(C)(CC)OCC. The third kappa shape index (κ3) is 4.72. The Morgan fingerprint density at radius 1 is 1.14 bits per heavy atom. The third-order valence-corrected chi connectivity index (χ3v) is 3.79. The van der Waals surface area contributed by atoms with Crippen LogP contribution in [0.1, 0.15) is 59.6 Å². The molecule has 0 saturated heterocycles. The van der Waals surface area contributed by atoms with Gasteiger partial charge in [-0.2, -0.15) is 0 Å². The fourth-order valence-corrected chi connectivity index (χ4v) is 2.66. The van der Waals surface area contributed by atoms with E-state index in [1.165, 1.54) is 5.56 Å². The summed E-state index contributed by atoms with van der Waals surface area (Å²) in [6.07, 6.45) is 1.10. The Bertz CT molecular complexity index is 419. The van der Waals surface area contributed by atoms with Crippen LogP contribution in [0.25, 0.3) is 0 Å². The van der Waals surface area contributed by atoms with Gasteiger partial charge in [-0.25, -0.2) is 0 Å². The predicted octanol–water partition coefficient (Wildman–Crippen LogP) is 4.33. The van der Waals surface area contributed by atoms with E-state index < -0.39 is 0 Å². The van der Waals surface area contributed by atoms with Crippen molar-refractivity contribution in [2.45, 2.75) is 65.7 Å². The maximum Gasteiger partial charge on any atom is 0.124 e. The summed E-state index contributed by atoms with van der Waals surface area (Å²) in [5, 5.41) is 3.58. The molecule has 0 amide bonds.